The van der Waals surface area contributed by atoms with Crippen molar-refractivity contribution in [3.8, 4) is 0 Å². The smallest absolute Gasteiger partial charge is 0.265 e. The highest BCUT2D eigenvalue weighted by molar-refractivity contribution is 7.92. The number of amides is 1. The van der Waals surface area contributed by atoms with Gasteiger partial charge in [0.1, 0.15) is 0 Å². The van der Waals surface area contributed by atoms with Gasteiger partial charge in [0.15, 0.2) is 0 Å². The summed E-state index contributed by atoms with van der Waals surface area (Å²) < 4.78 is 27.4. The zero-order valence-electron chi connectivity index (χ0n) is 13.7. The molecule has 0 radical (unpaired) electrons. The molecule has 3 rings (SSSR count). The highest BCUT2D eigenvalue weighted by atomic mass is 35.5. The summed E-state index contributed by atoms with van der Waals surface area (Å²) in [4.78, 5) is 12.7. The van der Waals surface area contributed by atoms with Crippen LogP contribution in [0.3, 0.4) is 0 Å². The first-order chi connectivity index (χ1) is 12.4. The molecule has 0 saturated heterocycles. The van der Waals surface area contributed by atoms with Crippen LogP contribution in [0.4, 0.5) is 11.4 Å². The van der Waals surface area contributed by atoms with E-state index >= 15 is 0 Å². The van der Waals surface area contributed by atoms with Crippen molar-refractivity contribution in [2.45, 2.75) is 11.8 Å². The molecule has 8 heteroatoms. The fourth-order valence-corrected chi connectivity index (χ4v) is 4.71. The van der Waals surface area contributed by atoms with Crippen molar-refractivity contribution in [2.24, 2.45) is 0 Å². The van der Waals surface area contributed by atoms with Gasteiger partial charge in [-0.25, -0.2) is 8.42 Å². The molecule has 0 aliphatic carbocycles. The van der Waals surface area contributed by atoms with Crippen molar-refractivity contribution in [2.75, 3.05) is 10.0 Å². The van der Waals surface area contributed by atoms with Crippen molar-refractivity contribution in [1.29, 1.82) is 0 Å². The van der Waals surface area contributed by atoms with Crippen molar-refractivity contribution >= 4 is 50.2 Å². The van der Waals surface area contributed by atoms with Crippen LogP contribution in [0.5, 0.6) is 0 Å². The Hall–Kier alpha value is -2.35. The maximum atomic E-state index is 12.5. The quantitative estimate of drug-likeness (QED) is 0.641. The number of thiophene rings is 1. The van der Waals surface area contributed by atoms with Gasteiger partial charge in [-0.1, -0.05) is 41.9 Å². The summed E-state index contributed by atoms with van der Waals surface area (Å²) in [6.07, 6.45) is 0. The van der Waals surface area contributed by atoms with Crippen molar-refractivity contribution < 1.29 is 13.2 Å². The lowest BCUT2D eigenvalue weighted by Gasteiger charge is -2.08. The minimum atomic E-state index is -3.83. The van der Waals surface area contributed by atoms with E-state index in [1.807, 2.05) is 25.1 Å². The summed E-state index contributed by atoms with van der Waals surface area (Å²) >= 11 is 7.05. The molecule has 0 atom stereocenters. The minimum absolute atomic E-state index is 0.0114. The number of hydrogen-bond acceptors (Lipinski definition) is 4. The first-order valence-electron chi connectivity index (χ1n) is 7.60. The number of halogens is 1. The number of carbonyl (C=O) groups excluding carboxylic acids is 1. The molecule has 0 bridgehead atoms. The molecule has 0 fully saturated rings. The number of aryl methyl sites for hydroxylation is 1. The van der Waals surface area contributed by atoms with E-state index in [0.29, 0.717) is 15.6 Å². The third-order valence-electron chi connectivity index (χ3n) is 3.62. The monoisotopic (exact) mass is 406 g/mol. The van der Waals surface area contributed by atoms with Gasteiger partial charge in [-0.2, -0.15) is 0 Å². The molecule has 2 N–H and O–H groups in total. The highest BCUT2D eigenvalue weighted by Crippen LogP contribution is 2.26. The van der Waals surface area contributed by atoms with Gasteiger partial charge >= 0.3 is 0 Å². The Morgan fingerprint density at radius 2 is 1.69 bits per heavy atom. The molecule has 1 heterocycles. The Morgan fingerprint density at radius 1 is 1.04 bits per heavy atom. The molecule has 134 valence electrons. The Kier molecular flexibility index (Phi) is 5.31. The van der Waals surface area contributed by atoms with Gasteiger partial charge < -0.3 is 5.32 Å². The summed E-state index contributed by atoms with van der Waals surface area (Å²) in [6.45, 7) is 1.88. The first kappa shape index (κ1) is 18.4. The fourth-order valence-electron chi connectivity index (χ4n) is 2.22. The number of hydrogen-bond donors (Lipinski definition) is 2. The number of para-hydroxylation sites is 2. The maximum Gasteiger partial charge on any atom is 0.265 e. The molecule has 26 heavy (non-hydrogen) atoms. The second kappa shape index (κ2) is 7.49. The highest BCUT2D eigenvalue weighted by Gasteiger charge is 2.20. The second-order valence-corrected chi connectivity index (χ2v) is 8.50. The van der Waals surface area contributed by atoms with Crippen LogP contribution in [0.2, 0.25) is 5.02 Å². The van der Waals surface area contributed by atoms with Crippen molar-refractivity contribution in [3.05, 3.63) is 75.4 Å². The van der Waals surface area contributed by atoms with Crippen LogP contribution in [0.15, 0.2) is 64.9 Å². The number of rotatable bonds is 5. The Morgan fingerprint density at radius 3 is 2.38 bits per heavy atom. The van der Waals surface area contributed by atoms with Gasteiger partial charge in [0, 0.05) is 11.1 Å². The van der Waals surface area contributed by atoms with E-state index in [0.717, 1.165) is 16.9 Å². The molecule has 3 aromatic rings. The number of benzene rings is 2. The molecule has 0 spiro atoms. The third-order valence-corrected chi connectivity index (χ3v) is 6.37. The molecule has 1 amide bonds. The Labute approximate surface area is 160 Å². The van der Waals surface area contributed by atoms with Gasteiger partial charge in [-0.15, -0.1) is 11.3 Å². The van der Waals surface area contributed by atoms with Gasteiger partial charge in [0.2, 0.25) is 0 Å². The van der Waals surface area contributed by atoms with Crippen LogP contribution in [0.25, 0.3) is 0 Å². The van der Waals surface area contributed by atoms with Gasteiger partial charge in [0.25, 0.3) is 15.9 Å². The van der Waals surface area contributed by atoms with E-state index in [2.05, 4.69) is 10.0 Å². The largest absolute Gasteiger partial charge is 0.321 e. The molecule has 0 unspecified atom stereocenters. The zero-order valence-corrected chi connectivity index (χ0v) is 16.1. The molecule has 5 nitrogen and oxygen atoms in total. The van der Waals surface area contributed by atoms with Gasteiger partial charge in [-0.3, -0.25) is 9.52 Å². The van der Waals surface area contributed by atoms with Crippen LogP contribution in [-0.4, -0.2) is 14.3 Å². The molecule has 0 aliphatic heterocycles. The lowest BCUT2D eigenvalue weighted by molar-refractivity contribution is 0.103. The predicted octanol–water partition coefficient (Wildman–Crippen LogP) is 4.76. The van der Waals surface area contributed by atoms with E-state index in [-0.39, 0.29) is 16.5 Å². The molecule has 0 saturated carbocycles. The SMILES string of the molecule is Cc1ccccc1NC(=O)c1cc(S(=O)(=O)Nc2ccccc2Cl)cs1. The van der Waals surface area contributed by atoms with Crippen LogP contribution >= 0.6 is 22.9 Å². The van der Waals surface area contributed by atoms with Crippen molar-refractivity contribution in [1.82, 2.24) is 0 Å². The Balaban J connectivity index is 1.79. The topological polar surface area (TPSA) is 75.3 Å². The number of sulfonamides is 1. The number of carbonyl (C=O) groups is 1. The van der Waals surface area contributed by atoms with E-state index < -0.39 is 10.0 Å². The molecular weight excluding hydrogens is 392 g/mol. The molecule has 0 aliphatic rings. The van der Waals surface area contributed by atoms with Crippen LogP contribution in [0, 0.1) is 6.92 Å². The van der Waals surface area contributed by atoms with E-state index in [4.69, 9.17) is 11.6 Å². The van der Waals surface area contributed by atoms with Crippen LogP contribution < -0.4 is 10.0 Å². The van der Waals surface area contributed by atoms with E-state index in [1.54, 1.807) is 30.3 Å². The van der Waals surface area contributed by atoms with Crippen molar-refractivity contribution in [3.63, 3.8) is 0 Å². The lowest BCUT2D eigenvalue weighted by atomic mass is 10.2. The fraction of sp³-hybridized carbons (Fsp3) is 0.0556. The molecular formula is C18H15ClN2O3S2. The standard InChI is InChI=1S/C18H15ClN2O3S2/c1-12-6-2-4-8-15(12)20-18(22)17-10-13(11-25-17)26(23,24)21-16-9-5-3-7-14(16)19/h2-11,21H,1H3,(H,20,22). The predicted molar refractivity (Wildman–Crippen MR) is 106 cm³/mol. The zero-order chi connectivity index (χ0) is 18.7. The maximum absolute atomic E-state index is 12.5. The van der Waals surface area contributed by atoms with E-state index in [1.165, 1.54) is 11.4 Å². The van der Waals surface area contributed by atoms with E-state index in [9.17, 15) is 13.2 Å². The van der Waals surface area contributed by atoms with Gasteiger partial charge in [-0.05, 0) is 36.8 Å². The normalized spacial score (nSPS) is 11.2. The third kappa shape index (κ3) is 4.07. The second-order valence-electron chi connectivity index (χ2n) is 5.50. The molecule has 2 aromatic carbocycles. The number of nitrogens with one attached hydrogen (secondary N) is 2. The summed E-state index contributed by atoms with van der Waals surface area (Å²) in [6, 6.07) is 15.3. The Bertz CT molecular complexity index is 1060. The first-order valence-corrected chi connectivity index (χ1v) is 10.3. The number of anilines is 2. The summed E-state index contributed by atoms with van der Waals surface area (Å²) in [5.74, 6) is -0.358. The van der Waals surface area contributed by atoms with Crippen LogP contribution in [-0.2, 0) is 10.0 Å². The minimum Gasteiger partial charge on any atom is -0.321 e. The summed E-state index contributed by atoms with van der Waals surface area (Å²) in [5.41, 5.74) is 1.89. The lowest BCUT2D eigenvalue weighted by Crippen LogP contribution is -2.13. The average molecular weight is 407 g/mol. The molecule has 1 aromatic heterocycles. The van der Waals surface area contributed by atoms with Crippen LogP contribution in [0.1, 0.15) is 15.2 Å². The average Bonchev–Trinajstić information content (AvgIpc) is 3.10. The summed E-state index contributed by atoms with van der Waals surface area (Å²) in [5, 5.41) is 4.50. The summed E-state index contributed by atoms with van der Waals surface area (Å²) in [7, 11) is -3.83. The van der Waals surface area contributed by atoms with Gasteiger partial charge in [0.05, 0.1) is 20.5 Å².